The second kappa shape index (κ2) is 6.74. The fourth-order valence-electron chi connectivity index (χ4n) is 1.91. The van der Waals surface area contributed by atoms with Crippen molar-refractivity contribution < 1.29 is 9.82 Å². The van der Waals surface area contributed by atoms with E-state index < -0.39 is 7.05 Å². The van der Waals surface area contributed by atoms with Gasteiger partial charge in [0.1, 0.15) is 12.0 Å². The molecule has 0 aliphatic heterocycles. The summed E-state index contributed by atoms with van der Waals surface area (Å²) in [5, 5.41) is 12.5. The molecule has 1 heterocycles. The van der Waals surface area contributed by atoms with Crippen LogP contribution >= 0.6 is 31.9 Å². The molecule has 0 aliphatic carbocycles. The van der Waals surface area contributed by atoms with Gasteiger partial charge < -0.3 is 14.5 Å². The minimum absolute atomic E-state index is 0.506. The first kappa shape index (κ1) is 15.5. The van der Waals surface area contributed by atoms with Gasteiger partial charge in [-0.15, -0.1) is 0 Å². The monoisotopic (exact) mass is 395 g/mol. The number of halogens is 2. The summed E-state index contributed by atoms with van der Waals surface area (Å²) in [5.41, 5.74) is 1.14. The summed E-state index contributed by atoms with van der Waals surface area (Å²) in [6.07, 6.45) is 2.35. The van der Waals surface area contributed by atoms with Crippen LogP contribution in [-0.2, 0) is 10.1 Å². The molecular formula is C12H11B2Br2N2O2. The summed E-state index contributed by atoms with van der Waals surface area (Å²) in [5.74, 6) is 0.506. The number of hydrogen-bond donors (Lipinski definition) is 1. The number of pyridine rings is 1. The lowest BCUT2D eigenvalue weighted by molar-refractivity contribution is 0.566. The third-order valence-electron chi connectivity index (χ3n) is 2.90. The zero-order valence-electron chi connectivity index (χ0n) is 10.8. The smallest absolute Gasteiger partial charge is 0.397 e. The van der Waals surface area contributed by atoms with E-state index in [1.165, 1.54) is 12.1 Å². The molecule has 2 rings (SSSR count). The van der Waals surface area contributed by atoms with Gasteiger partial charge >= 0.3 is 14.5 Å². The molecule has 0 amide bonds. The molecular weight excluding hydrogens is 386 g/mol. The highest BCUT2D eigenvalue weighted by molar-refractivity contribution is 9.10. The molecule has 4 nitrogen and oxygen atoms in total. The molecule has 101 valence electrons. The molecule has 1 radical (unpaired) electrons. The number of carbonyl (C=O) groups excluding carboxylic acids is 1. The maximum absolute atomic E-state index is 10.7. The van der Waals surface area contributed by atoms with Gasteiger partial charge in [-0.2, -0.15) is 0 Å². The maximum atomic E-state index is 10.7. The fourth-order valence-corrected chi connectivity index (χ4v) is 2.91. The summed E-state index contributed by atoms with van der Waals surface area (Å²) in [6.45, 7) is 1.58. The largest absolute Gasteiger partial charge is 0.433 e. The van der Waals surface area contributed by atoms with Gasteiger partial charge in [-0.1, -0.05) is 28.1 Å². The van der Waals surface area contributed by atoms with Crippen LogP contribution in [0.4, 0.5) is 5.82 Å². The number of anilines is 1. The molecule has 1 aromatic heterocycles. The fraction of sp³-hybridized carbons (Fsp3) is 0.167. The van der Waals surface area contributed by atoms with E-state index >= 15 is 0 Å². The minimum Gasteiger partial charge on any atom is -0.433 e. The van der Waals surface area contributed by atoms with Crippen LogP contribution in [0, 0.1) is 0 Å². The topological polar surface area (TPSA) is 53.4 Å². The third-order valence-corrected chi connectivity index (χ3v) is 4.33. The van der Waals surface area contributed by atoms with Gasteiger partial charge in [-0.05, 0) is 34.4 Å². The number of benzene rings is 1. The maximum Gasteiger partial charge on any atom is 0.397 e. The predicted octanol–water partition coefficient (Wildman–Crippen LogP) is 2.62. The Balaban J connectivity index is 2.59. The number of rotatable bonds is 5. The van der Waals surface area contributed by atoms with Crippen LogP contribution in [0.2, 0.25) is 6.82 Å². The van der Waals surface area contributed by atoms with Crippen molar-refractivity contribution in [1.82, 2.24) is 4.98 Å². The van der Waals surface area contributed by atoms with Crippen LogP contribution in [0.25, 0.3) is 10.8 Å². The van der Waals surface area contributed by atoms with Crippen molar-refractivity contribution in [3.05, 3.63) is 34.4 Å². The number of nitrogens with zero attached hydrogens (tertiary/aromatic N) is 2. The lowest BCUT2D eigenvalue weighted by Crippen LogP contribution is -2.41. The van der Waals surface area contributed by atoms with E-state index in [2.05, 4.69) is 36.8 Å². The van der Waals surface area contributed by atoms with Crippen molar-refractivity contribution in [1.29, 1.82) is 0 Å². The lowest BCUT2D eigenvalue weighted by Gasteiger charge is -2.23. The van der Waals surface area contributed by atoms with Crippen molar-refractivity contribution in [2.24, 2.45) is 0 Å². The Bertz CT molecular complexity index is 640. The standard InChI is InChI=1S/C12H11B2Br2N2O2/c1-14(20)18(13-7-19)12-11(16)10-4-8(5-15)2-3-9(10)6-17-12/h2-4,6-7,20H,5H2,1H3. The normalized spacial score (nSPS) is 10.4. The molecule has 0 atom stereocenters. The Hall–Kier alpha value is -0.850. The van der Waals surface area contributed by atoms with Gasteiger partial charge in [0.05, 0.1) is 4.47 Å². The van der Waals surface area contributed by atoms with Gasteiger partial charge in [-0.25, -0.2) is 4.98 Å². The first-order valence-corrected chi connectivity index (χ1v) is 7.88. The zero-order valence-corrected chi connectivity index (χ0v) is 13.9. The van der Waals surface area contributed by atoms with Crippen LogP contribution in [0.1, 0.15) is 5.56 Å². The highest BCUT2D eigenvalue weighted by Gasteiger charge is 2.22. The summed E-state index contributed by atoms with van der Waals surface area (Å²) >= 11 is 6.95. The summed E-state index contributed by atoms with van der Waals surface area (Å²) < 4.78 is 2.16. The lowest BCUT2D eigenvalue weighted by atomic mass is 9.73. The van der Waals surface area contributed by atoms with E-state index in [-0.39, 0.29) is 0 Å². The number of fused-ring (bicyclic) bond motifs is 1. The van der Waals surface area contributed by atoms with E-state index in [4.69, 9.17) is 0 Å². The highest BCUT2D eigenvalue weighted by Crippen LogP contribution is 2.32. The first-order valence-electron chi connectivity index (χ1n) is 5.96. The van der Waals surface area contributed by atoms with Gasteiger partial charge in [-0.3, -0.25) is 0 Å². The van der Waals surface area contributed by atoms with E-state index in [1.54, 1.807) is 13.0 Å². The van der Waals surface area contributed by atoms with Crippen molar-refractivity contribution in [3.63, 3.8) is 0 Å². The molecule has 0 unspecified atom stereocenters. The summed E-state index contributed by atoms with van der Waals surface area (Å²) in [6, 6.07) is 6.05. The number of hydrogen-bond acceptors (Lipinski definition) is 4. The van der Waals surface area contributed by atoms with Gasteiger partial charge in [0, 0.05) is 22.3 Å². The van der Waals surface area contributed by atoms with Crippen LogP contribution in [0.5, 0.6) is 0 Å². The van der Waals surface area contributed by atoms with Crippen LogP contribution in [0.3, 0.4) is 0 Å². The third kappa shape index (κ3) is 3.07. The van der Waals surface area contributed by atoms with E-state index in [9.17, 15) is 9.82 Å². The number of carbonyl (C=O) groups is 1. The van der Waals surface area contributed by atoms with Crippen molar-refractivity contribution in [3.8, 4) is 0 Å². The second-order valence-corrected chi connectivity index (χ2v) is 5.63. The summed E-state index contributed by atoms with van der Waals surface area (Å²) in [4.78, 5) is 15.0. The first-order chi connectivity index (χ1) is 9.58. The minimum atomic E-state index is -0.846. The average Bonchev–Trinajstić information content (AvgIpc) is 2.45. The van der Waals surface area contributed by atoms with Gasteiger partial charge in [0.2, 0.25) is 0 Å². The Labute approximate surface area is 135 Å². The molecule has 1 N–H and O–H groups in total. The van der Waals surface area contributed by atoms with Gasteiger partial charge in [0.25, 0.3) is 0 Å². The van der Waals surface area contributed by atoms with Gasteiger partial charge in [0.15, 0.2) is 0 Å². The molecule has 0 aliphatic rings. The van der Waals surface area contributed by atoms with Crippen molar-refractivity contribution >= 4 is 69.1 Å². The SMILES string of the molecule is CB(O)N([B]C=O)c1ncc2ccc(CBr)cc2c1Br. The molecule has 8 heteroatoms. The van der Waals surface area contributed by atoms with Crippen molar-refractivity contribution in [2.45, 2.75) is 12.2 Å². The van der Waals surface area contributed by atoms with Crippen LogP contribution in [0.15, 0.2) is 28.9 Å². The van der Waals surface area contributed by atoms with E-state index in [0.717, 1.165) is 26.1 Å². The number of alkyl halides is 1. The quantitative estimate of drug-likeness (QED) is 0.479. The second-order valence-electron chi connectivity index (χ2n) is 4.28. The Morgan fingerprint density at radius 2 is 2.30 bits per heavy atom. The molecule has 0 bridgehead atoms. The van der Waals surface area contributed by atoms with Crippen LogP contribution < -0.4 is 4.72 Å². The molecule has 1 aromatic carbocycles. The number of aromatic nitrogens is 1. The Morgan fingerprint density at radius 3 is 2.90 bits per heavy atom. The molecule has 20 heavy (non-hydrogen) atoms. The average molecular weight is 397 g/mol. The molecule has 0 saturated carbocycles. The van der Waals surface area contributed by atoms with Crippen LogP contribution in [-0.4, -0.2) is 30.7 Å². The molecule has 0 spiro atoms. The Kier molecular flexibility index (Phi) is 5.23. The zero-order chi connectivity index (χ0) is 14.7. The van der Waals surface area contributed by atoms with E-state index in [0.29, 0.717) is 12.0 Å². The molecule has 0 fully saturated rings. The predicted molar refractivity (Wildman–Crippen MR) is 90.9 cm³/mol. The highest BCUT2D eigenvalue weighted by atomic mass is 79.9. The Morgan fingerprint density at radius 1 is 1.55 bits per heavy atom. The van der Waals surface area contributed by atoms with Crippen molar-refractivity contribution in [2.75, 3.05) is 4.72 Å². The molecule has 2 aromatic rings. The summed E-state index contributed by atoms with van der Waals surface area (Å²) in [7, 11) is 0.415. The van der Waals surface area contributed by atoms with E-state index in [1.807, 2.05) is 18.2 Å². The molecule has 0 saturated heterocycles.